The molecular weight excluding hydrogens is 452 g/mol. The van der Waals surface area contributed by atoms with Crippen molar-refractivity contribution in [2.45, 2.75) is 17.2 Å². The molecule has 0 saturated carbocycles. The maximum Gasteiger partial charge on any atom is 0.291 e. The van der Waals surface area contributed by atoms with Crippen LogP contribution in [0, 0.1) is 0 Å². The number of benzene rings is 3. The minimum Gasteiger partial charge on any atom is -0.459 e. The maximum absolute atomic E-state index is 12.5. The summed E-state index contributed by atoms with van der Waals surface area (Å²) in [6.45, 7) is 0.301. The van der Waals surface area contributed by atoms with Gasteiger partial charge >= 0.3 is 0 Å². The smallest absolute Gasteiger partial charge is 0.291 e. The van der Waals surface area contributed by atoms with E-state index in [1.807, 2.05) is 0 Å². The Labute approximate surface area is 197 Å². The highest BCUT2D eigenvalue weighted by molar-refractivity contribution is 7.90. The van der Waals surface area contributed by atoms with Gasteiger partial charge in [0.25, 0.3) is 11.8 Å². The molecule has 0 atom stereocenters. The van der Waals surface area contributed by atoms with E-state index in [0.717, 1.165) is 5.56 Å². The predicted octanol–water partition coefficient (Wildman–Crippen LogP) is 4.44. The van der Waals surface area contributed by atoms with Crippen LogP contribution >= 0.6 is 0 Å². The van der Waals surface area contributed by atoms with Crippen molar-refractivity contribution in [2.24, 2.45) is 0 Å². The summed E-state index contributed by atoms with van der Waals surface area (Å²) in [5.41, 5.74) is 2.50. The summed E-state index contributed by atoms with van der Waals surface area (Å²) in [5.74, 6) is -0.527. The minimum absolute atomic E-state index is 0.137. The van der Waals surface area contributed by atoms with Gasteiger partial charge < -0.3 is 15.1 Å². The zero-order valence-corrected chi connectivity index (χ0v) is 18.9. The number of carbonyl (C=O) groups is 2. The molecule has 0 radical (unpaired) electrons. The first-order chi connectivity index (χ1) is 16.4. The number of amides is 2. The summed E-state index contributed by atoms with van der Waals surface area (Å²) in [6, 6.07) is 25.1. The summed E-state index contributed by atoms with van der Waals surface area (Å²) in [4.78, 5) is 24.8. The van der Waals surface area contributed by atoms with Crippen LogP contribution in [0.3, 0.4) is 0 Å². The third kappa shape index (κ3) is 5.79. The van der Waals surface area contributed by atoms with Crippen LogP contribution in [0.15, 0.2) is 107 Å². The number of hydrogen-bond acceptors (Lipinski definition) is 5. The van der Waals surface area contributed by atoms with Crippen molar-refractivity contribution in [1.82, 2.24) is 5.32 Å². The molecular formula is C26H22N2O5S. The Morgan fingerprint density at radius 2 is 1.41 bits per heavy atom. The quantitative estimate of drug-likeness (QED) is 0.393. The van der Waals surface area contributed by atoms with E-state index in [2.05, 4.69) is 10.6 Å². The molecule has 2 amide bonds. The second-order valence-corrected chi connectivity index (χ2v) is 9.57. The molecule has 4 aromatic rings. The molecule has 0 saturated heterocycles. The first-order valence-electron chi connectivity index (χ1n) is 10.5. The lowest BCUT2D eigenvalue weighted by Crippen LogP contribution is -2.22. The van der Waals surface area contributed by atoms with E-state index in [-0.39, 0.29) is 28.2 Å². The zero-order chi connectivity index (χ0) is 24.0. The average Bonchev–Trinajstić information content (AvgIpc) is 3.40. The molecule has 3 aromatic carbocycles. The topological polar surface area (TPSA) is 105 Å². The van der Waals surface area contributed by atoms with Crippen LogP contribution in [0.4, 0.5) is 5.69 Å². The molecule has 34 heavy (non-hydrogen) atoms. The molecule has 0 spiro atoms. The number of rotatable bonds is 8. The number of carbonyl (C=O) groups excluding carboxylic acids is 2. The predicted molar refractivity (Wildman–Crippen MR) is 128 cm³/mol. The van der Waals surface area contributed by atoms with Crippen LogP contribution in [-0.2, 0) is 22.1 Å². The van der Waals surface area contributed by atoms with Gasteiger partial charge in [0.05, 0.1) is 16.9 Å². The highest BCUT2D eigenvalue weighted by Crippen LogP contribution is 2.17. The Morgan fingerprint density at radius 3 is 2.06 bits per heavy atom. The molecule has 0 bridgehead atoms. The van der Waals surface area contributed by atoms with E-state index < -0.39 is 9.84 Å². The van der Waals surface area contributed by atoms with Crippen LogP contribution < -0.4 is 10.6 Å². The summed E-state index contributed by atoms with van der Waals surface area (Å²) in [6.07, 6.45) is 1.43. The molecule has 1 aromatic heterocycles. The fraction of sp³-hybridized carbons (Fsp3) is 0.0769. The summed E-state index contributed by atoms with van der Waals surface area (Å²) in [5, 5.41) is 5.56. The van der Waals surface area contributed by atoms with Gasteiger partial charge in [-0.15, -0.1) is 0 Å². The van der Waals surface area contributed by atoms with Crippen molar-refractivity contribution in [3.63, 3.8) is 0 Å². The second kappa shape index (κ2) is 10.2. The molecule has 2 N–H and O–H groups in total. The van der Waals surface area contributed by atoms with E-state index in [4.69, 9.17) is 4.42 Å². The lowest BCUT2D eigenvalue weighted by Gasteiger charge is -2.08. The molecule has 0 unspecified atom stereocenters. The van der Waals surface area contributed by atoms with Crippen molar-refractivity contribution in [1.29, 1.82) is 0 Å². The van der Waals surface area contributed by atoms with Crippen LogP contribution in [0.25, 0.3) is 0 Å². The maximum atomic E-state index is 12.5. The highest BCUT2D eigenvalue weighted by atomic mass is 32.2. The van der Waals surface area contributed by atoms with Crippen LogP contribution in [0.2, 0.25) is 0 Å². The third-order valence-electron chi connectivity index (χ3n) is 5.08. The first-order valence-corrected chi connectivity index (χ1v) is 12.1. The highest BCUT2D eigenvalue weighted by Gasteiger charge is 2.15. The molecule has 0 aliphatic rings. The molecule has 0 aliphatic carbocycles. The van der Waals surface area contributed by atoms with Gasteiger partial charge in [-0.2, -0.15) is 0 Å². The van der Waals surface area contributed by atoms with Gasteiger partial charge in [0.15, 0.2) is 15.6 Å². The fourth-order valence-corrected chi connectivity index (χ4v) is 4.64. The largest absolute Gasteiger partial charge is 0.459 e. The number of nitrogens with one attached hydrogen (secondary N) is 2. The summed E-state index contributed by atoms with van der Waals surface area (Å²) < 4.78 is 30.1. The number of hydrogen-bond donors (Lipinski definition) is 2. The minimum atomic E-state index is -3.45. The first kappa shape index (κ1) is 23.0. The Hall–Kier alpha value is -4.17. The lowest BCUT2D eigenvalue weighted by molar-refractivity contribution is 0.0949. The van der Waals surface area contributed by atoms with E-state index in [0.29, 0.717) is 23.4 Å². The van der Waals surface area contributed by atoms with Gasteiger partial charge in [-0.3, -0.25) is 9.59 Å². The molecule has 1 heterocycles. The van der Waals surface area contributed by atoms with Gasteiger partial charge in [0.1, 0.15) is 0 Å². The Morgan fingerprint density at radius 1 is 0.735 bits per heavy atom. The van der Waals surface area contributed by atoms with Crippen molar-refractivity contribution < 1.29 is 22.4 Å². The second-order valence-electron chi connectivity index (χ2n) is 7.58. The van der Waals surface area contributed by atoms with Crippen molar-refractivity contribution in [2.75, 3.05) is 5.32 Å². The van der Waals surface area contributed by atoms with Gasteiger partial charge in [0, 0.05) is 17.8 Å². The van der Waals surface area contributed by atoms with Gasteiger partial charge in [-0.25, -0.2) is 8.42 Å². The van der Waals surface area contributed by atoms with Crippen molar-refractivity contribution >= 4 is 27.3 Å². The van der Waals surface area contributed by atoms with Crippen LogP contribution in [0.1, 0.15) is 32.0 Å². The van der Waals surface area contributed by atoms with Gasteiger partial charge in [0.2, 0.25) is 0 Å². The van der Waals surface area contributed by atoms with Crippen molar-refractivity contribution in [3.8, 4) is 0 Å². The standard InChI is InChI=1S/C26H22N2O5S/c29-25(21-12-8-20(9-13-21)18-34(31,32)23-5-2-1-3-6-23)27-17-19-10-14-22(15-11-19)28-26(30)24-7-4-16-33-24/h1-16H,17-18H2,(H,27,29)(H,28,30). The molecule has 0 fully saturated rings. The fourth-order valence-electron chi connectivity index (χ4n) is 3.27. The Bertz CT molecular complexity index is 1360. The Kier molecular flexibility index (Phi) is 6.89. The van der Waals surface area contributed by atoms with Crippen LogP contribution in [-0.4, -0.2) is 20.2 Å². The van der Waals surface area contributed by atoms with Crippen LogP contribution in [0.5, 0.6) is 0 Å². The van der Waals surface area contributed by atoms with Crippen molar-refractivity contribution in [3.05, 3.63) is 120 Å². The SMILES string of the molecule is O=C(NCc1ccc(NC(=O)c2ccco2)cc1)c1ccc(CS(=O)(=O)c2ccccc2)cc1. The Balaban J connectivity index is 1.30. The monoisotopic (exact) mass is 474 g/mol. The van der Waals surface area contributed by atoms with E-state index in [1.165, 1.54) is 6.26 Å². The number of furan rings is 1. The summed E-state index contributed by atoms with van der Waals surface area (Å²) in [7, 11) is -3.45. The molecule has 7 nitrogen and oxygen atoms in total. The van der Waals surface area contributed by atoms with E-state index in [9.17, 15) is 18.0 Å². The lowest BCUT2D eigenvalue weighted by atomic mass is 10.1. The van der Waals surface area contributed by atoms with E-state index in [1.54, 1.807) is 91.0 Å². The normalized spacial score (nSPS) is 11.1. The number of sulfone groups is 1. The third-order valence-corrected chi connectivity index (χ3v) is 6.79. The molecule has 8 heteroatoms. The zero-order valence-electron chi connectivity index (χ0n) is 18.1. The number of anilines is 1. The van der Waals surface area contributed by atoms with Gasteiger partial charge in [-0.05, 0) is 59.7 Å². The molecule has 4 rings (SSSR count). The summed E-state index contributed by atoms with van der Waals surface area (Å²) >= 11 is 0. The van der Waals surface area contributed by atoms with Gasteiger partial charge in [-0.1, -0.05) is 42.5 Å². The average molecular weight is 475 g/mol. The molecule has 0 aliphatic heterocycles. The van der Waals surface area contributed by atoms with E-state index >= 15 is 0 Å². The molecule has 172 valence electrons.